The zero-order valence-corrected chi connectivity index (χ0v) is 13.6. The Bertz CT molecular complexity index is 849. The van der Waals surface area contributed by atoms with Crippen molar-refractivity contribution >= 4 is 11.5 Å². The highest BCUT2D eigenvalue weighted by Gasteiger charge is 2.03. The van der Waals surface area contributed by atoms with Gasteiger partial charge in [0.2, 0.25) is 0 Å². The van der Waals surface area contributed by atoms with Crippen LogP contribution in [0.25, 0.3) is 11.1 Å². The van der Waals surface area contributed by atoms with E-state index in [1.165, 1.54) is 0 Å². The molecule has 0 fully saturated rings. The second-order valence-corrected chi connectivity index (χ2v) is 5.60. The third kappa shape index (κ3) is 3.79. The number of allylic oxidation sites excluding steroid dienone is 1. The molecule has 24 heavy (non-hydrogen) atoms. The Hall–Kier alpha value is -3.13. The maximum Gasteiger partial charge on any atom is 0.187 e. The molecule has 0 unspecified atom stereocenters. The van der Waals surface area contributed by atoms with Crippen molar-refractivity contribution in [2.24, 2.45) is 0 Å². The summed E-state index contributed by atoms with van der Waals surface area (Å²) in [5.74, 6) is -0.0179. The highest BCUT2D eigenvalue weighted by Crippen LogP contribution is 2.19. The van der Waals surface area contributed by atoms with Crippen LogP contribution in [0.1, 0.15) is 15.9 Å². The van der Waals surface area contributed by atoms with Gasteiger partial charge in [-0.2, -0.15) is 0 Å². The van der Waals surface area contributed by atoms with Gasteiger partial charge in [-0.15, -0.1) is 0 Å². The first-order chi connectivity index (χ1) is 11.7. The van der Waals surface area contributed by atoms with Gasteiger partial charge in [-0.1, -0.05) is 72.8 Å². The number of para-hydroxylation sites is 1. The van der Waals surface area contributed by atoms with Crippen molar-refractivity contribution in [2.45, 2.75) is 6.92 Å². The minimum atomic E-state index is -0.0179. The van der Waals surface area contributed by atoms with Crippen LogP contribution in [0.4, 0.5) is 5.69 Å². The number of hydrogen-bond donors (Lipinski definition) is 1. The standard InChI is InChI=1S/C22H19NO/c1-17-7-5-6-10-21(17)23-16-15-22(24)20-13-11-19(12-14-20)18-8-3-2-4-9-18/h2-16,23H,1H3/b16-15-. The van der Waals surface area contributed by atoms with E-state index >= 15 is 0 Å². The van der Waals surface area contributed by atoms with Gasteiger partial charge in [-0.25, -0.2) is 0 Å². The third-order valence-corrected chi connectivity index (χ3v) is 3.90. The van der Waals surface area contributed by atoms with Gasteiger partial charge in [0.25, 0.3) is 0 Å². The van der Waals surface area contributed by atoms with Gasteiger partial charge in [0, 0.05) is 23.5 Å². The predicted octanol–water partition coefficient (Wildman–Crippen LogP) is 5.47. The number of carbonyl (C=O) groups is 1. The molecule has 0 spiro atoms. The first-order valence-corrected chi connectivity index (χ1v) is 7.92. The van der Waals surface area contributed by atoms with Gasteiger partial charge in [0.05, 0.1) is 0 Å². The second kappa shape index (κ2) is 7.42. The van der Waals surface area contributed by atoms with Crippen molar-refractivity contribution < 1.29 is 4.79 Å². The summed E-state index contributed by atoms with van der Waals surface area (Å²) >= 11 is 0. The fourth-order valence-corrected chi connectivity index (χ4v) is 2.50. The molecule has 0 saturated carbocycles. The largest absolute Gasteiger partial charge is 0.361 e. The Morgan fingerprint density at radius 3 is 2.12 bits per heavy atom. The Morgan fingerprint density at radius 1 is 0.792 bits per heavy atom. The number of anilines is 1. The van der Waals surface area contributed by atoms with Crippen molar-refractivity contribution in [3.05, 3.63) is 102 Å². The van der Waals surface area contributed by atoms with Crippen LogP contribution in [-0.2, 0) is 0 Å². The number of hydrogen-bond acceptors (Lipinski definition) is 2. The van der Waals surface area contributed by atoms with Crippen molar-refractivity contribution in [2.75, 3.05) is 5.32 Å². The van der Waals surface area contributed by atoms with Gasteiger partial charge >= 0.3 is 0 Å². The molecule has 3 aromatic carbocycles. The van der Waals surface area contributed by atoms with Crippen LogP contribution in [0.2, 0.25) is 0 Å². The maximum atomic E-state index is 12.2. The Balaban J connectivity index is 1.67. The van der Waals surface area contributed by atoms with Crippen LogP contribution in [0.3, 0.4) is 0 Å². The molecule has 2 nitrogen and oxygen atoms in total. The van der Waals surface area contributed by atoms with E-state index in [0.717, 1.165) is 22.4 Å². The van der Waals surface area contributed by atoms with Crippen molar-refractivity contribution in [1.29, 1.82) is 0 Å². The molecule has 0 atom stereocenters. The molecule has 0 heterocycles. The molecule has 3 rings (SSSR count). The molecule has 0 aliphatic heterocycles. The van der Waals surface area contributed by atoms with E-state index in [4.69, 9.17) is 0 Å². The number of carbonyl (C=O) groups excluding carboxylic acids is 1. The lowest BCUT2D eigenvalue weighted by Crippen LogP contribution is -1.97. The van der Waals surface area contributed by atoms with Gasteiger partial charge in [0.15, 0.2) is 5.78 Å². The van der Waals surface area contributed by atoms with Gasteiger partial charge in [-0.3, -0.25) is 4.79 Å². The van der Waals surface area contributed by atoms with Gasteiger partial charge < -0.3 is 5.32 Å². The van der Waals surface area contributed by atoms with Gasteiger partial charge in [0.1, 0.15) is 0 Å². The number of nitrogens with one attached hydrogen (secondary N) is 1. The van der Waals surface area contributed by atoms with Crippen molar-refractivity contribution in [3.8, 4) is 11.1 Å². The highest BCUT2D eigenvalue weighted by molar-refractivity contribution is 6.04. The molecule has 0 radical (unpaired) electrons. The Kier molecular flexibility index (Phi) is 4.87. The minimum absolute atomic E-state index is 0.0179. The molecule has 0 bridgehead atoms. The molecule has 0 aromatic heterocycles. The first-order valence-electron chi connectivity index (χ1n) is 7.92. The zero-order chi connectivity index (χ0) is 16.8. The molecule has 0 aliphatic rings. The van der Waals surface area contributed by atoms with Crippen LogP contribution >= 0.6 is 0 Å². The number of benzene rings is 3. The van der Waals surface area contributed by atoms with Crippen molar-refractivity contribution in [3.63, 3.8) is 0 Å². The monoisotopic (exact) mass is 313 g/mol. The summed E-state index contributed by atoms with van der Waals surface area (Å²) < 4.78 is 0. The molecule has 2 heteroatoms. The summed E-state index contributed by atoms with van der Waals surface area (Å²) in [6.45, 7) is 2.03. The van der Waals surface area contributed by atoms with Crippen LogP contribution < -0.4 is 5.32 Å². The number of aryl methyl sites for hydroxylation is 1. The summed E-state index contributed by atoms with van der Waals surface area (Å²) in [7, 11) is 0. The van der Waals surface area contributed by atoms with E-state index in [9.17, 15) is 4.79 Å². The van der Waals surface area contributed by atoms with Crippen molar-refractivity contribution in [1.82, 2.24) is 0 Å². The van der Waals surface area contributed by atoms with E-state index in [-0.39, 0.29) is 5.78 Å². The number of ketones is 1. The molecular weight excluding hydrogens is 294 g/mol. The molecule has 118 valence electrons. The normalized spacial score (nSPS) is 10.7. The fourth-order valence-electron chi connectivity index (χ4n) is 2.50. The summed E-state index contributed by atoms with van der Waals surface area (Å²) in [6, 6.07) is 25.8. The topological polar surface area (TPSA) is 29.1 Å². The summed E-state index contributed by atoms with van der Waals surface area (Å²) in [4.78, 5) is 12.2. The smallest absolute Gasteiger partial charge is 0.187 e. The molecule has 3 aromatic rings. The van der Waals surface area contributed by atoms with E-state index in [2.05, 4.69) is 17.4 Å². The number of rotatable bonds is 5. The Morgan fingerprint density at radius 2 is 1.42 bits per heavy atom. The van der Waals surface area contributed by atoms with E-state index < -0.39 is 0 Å². The summed E-state index contributed by atoms with van der Waals surface area (Å²) in [5, 5.41) is 3.15. The predicted molar refractivity (Wildman–Crippen MR) is 100 cm³/mol. The molecule has 0 amide bonds. The lowest BCUT2D eigenvalue weighted by Gasteiger charge is -2.04. The lowest BCUT2D eigenvalue weighted by atomic mass is 10.0. The molecule has 0 saturated heterocycles. The van der Waals surface area contributed by atoms with Crippen LogP contribution in [0, 0.1) is 6.92 Å². The highest BCUT2D eigenvalue weighted by atomic mass is 16.1. The van der Waals surface area contributed by atoms with Crippen LogP contribution in [0.15, 0.2) is 91.1 Å². The first kappa shape index (κ1) is 15.8. The fraction of sp³-hybridized carbons (Fsp3) is 0.0455. The third-order valence-electron chi connectivity index (χ3n) is 3.90. The maximum absolute atomic E-state index is 12.2. The SMILES string of the molecule is Cc1ccccc1N/C=C\C(=O)c1ccc(-c2ccccc2)cc1. The van der Waals surface area contributed by atoms with E-state index in [1.807, 2.05) is 73.7 Å². The van der Waals surface area contributed by atoms with E-state index in [1.54, 1.807) is 12.3 Å². The minimum Gasteiger partial charge on any atom is -0.361 e. The quantitative estimate of drug-likeness (QED) is 0.500. The van der Waals surface area contributed by atoms with Crippen LogP contribution in [-0.4, -0.2) is 5.78 Å². The second-order valence-electron chi connectivity index (χ2n) is 5.60. The lowest BCUT2D eigenvalue weighted by molar-refractivity contribution is 0.104. The Labute approximate surface area is 142 Å². The molecule has 1 N–H and O–H groups in total. The molecule has 0 aliphatic carbocycles. The van der Waals surface area contributed by atoms with Gasteiger partial charge in [-0.05, 0) is 29.7 Å². The molecular formula is C22H19NO. The van der Waals surface area contributed by atoms with E-state index in [0.29, 0.717) is 5.56 Å². The summed E-state index contributed by atoms with van der Waals surface area (Å²) in [5.41, 5.74) is 5.07. The zero-order valence-electron chi connectivity index (χ0n) is 13.6. The van der Waals surface area contributed by atoms with Crippen LogP contribution in [0.5, 0.6) is 0 Å². The average molecular weight is 313 g/mol. The summed E-state index contributed by atoms with van der Waals surface area (Å²) in [6.07, 6.45) is 3.25. The average Bonchev–Trinajstić information content (AvgIpc) is 2.64.